The summed E-state index contributed by atoms with van der Waals surface area (Å²) < 4.78 is 7.08. The smallest absolute Gasteiger partial charge is 0.362 e. The molecular formula is C24H46INO2. The molecule has 0 unspecified atom stereocenters. The number of halogens is 1. The van der Waals surface area contributed by atoms with Gasteiger partial charge in [0.05, 0.1) is 19.6 Å². The molecule has 1 aliphatic carbocycles. The summed E-state index contributed by atoms with van der Waals surface area (Å²) in [4.78, 5) is 12.9. The molecular weight excluding hydrogens is 461 g/mol. The fraction of sp³-hybridized carbons (Fsp3) is 0.958. The van der Waals surface area contributed by atoms with Crippen LogP contribution in [0.1, 0.15) is 116 Å². The maximum atomic E-state index is 12.9. The van der Waals surface area contributed by atoms with Gasteiger partial charge in [-0.25, -0.2) is 4.79 Å². The Labute approximate surface area is 192 Å². The first kappa shape index (κ1) is 26.2. The van der Waals surface area contributed by atoms with E-state index in [1.165, 1.54) is 116 Å². The van der Waals surface area contributed by atoms with E-state index in [0.29, 0.717) is 6.54 Å². The Balaban J connectivity index is 0.00000392. The maximum Gasteiger partial charge on any atom is 0.362 e. The predicted molar refractivity (Wildman–Crippen MR) is 114 cm³/mol. The van der Waals surface area contributed by atoms with E-state index in [2.05, 4.69) is 6.92 Å². The van der Waals surface area contributed by atoms with Crippen LogP contribution in [-0.4, -0.2) is 42.7 Å². The maximum absolute atomic E-state index is 12.9. The van der Waals surface area contributed by atoms with Gasteiger partial charge in [-0.3, -0.25) is 0 Å². The first-order valence-corrected chi connectivity index (χ1v) is 12.3. The Morgan fingerprint density at radius 1 is 0.786 bits per heavy atom. The number of unbranched alkanes of at least 4 members (excludes halogenated alkanes) is 2. The molecule has 1 aliphatic heterocycles. The minimum atomic E-state index is 0. The van der Waals surface area contributed by atoms with Gasteiger partial charge in [0, 0.05) is 0 Å². The number of hydrogen-bond acceptors (Lipinski definition) is 2. The van der Waals surface area contributed by atoms with Crippen LogP contribution < -0.4 is 24.0 Å². The van der Waals surface area contributed by atoms with Crippen molar-refractivity contribution < 1.29 is 38.0 Å². The quantitative estimate of drug-likeness (QED) is 0.229. The second-order valence-electron chi connectivity index (χ2n) is 9.31. The Morgan fingerprint density at radius 2 is 1.29 bits per heavy atom. The molecule has 0 radical (unpaired) electrons. The van der Waals surface area contributed by atoms with Crippen LogP contribution in [0.3, 0.4) is 0 Å². The highest BCUT2D eigenvalue weighted by Gasteiger charge is 2.33. The highest BCUT2D eigenvalue weighted by atomic mass is 127. The first-order chi connectivity index (χ1) is 13.2. The van der Waals surface area contributed by atoms with E-state index in [9.17, 15) is 4.79 Å². The third-order valence-corrected chi connectivity index (χ3v) is 6.82. The van der Waals surface area contributed by atoms with Crippen molar-refractivity contribution in [2.24, 2.45) is 0 Å². The zero-order valence-electron chi connectivity index (χ0n) is 18.6. The average molecular weight is 508 g/mol. The normalized spacial score (nSPS) is 22.3. The first-order valence-electron chi connectivity index (χ1n) is 12.3. The zero-order valence-corrected chi connectivity index (χ0v) is 20.7. The number of ether oxygens (including phenoxy) is 1. The summed E-state index contributed by atoms with van der Waals surface area (Å²) in [5.74, 6) is 0.0884. The summed E-state index contributed by atoms with van der Waals surface area (Å²) in [6, 6.07) is 0. The zero-order chi connectivity index (χ0) is 19.2. The Hall–Kier alpha value is 0.160. The number of piperidine rings is 1. The molecule has 1 saturated carbocycles. The molecule has 1 saturated heterocycles. The second kappa shape index (κ2) is 15.9. The Kier molecular flexibility index (Phi) is 14.9. The van der Waals surface area contributed by atoms with Crippen LogP contribution in [0.5, 0.6) is 0 Å². The number of carbonyl (C=O) groups is 1. The van der Waals surface area contributed by atoms with Gasteiger partial charge in [0.1, 0.15) is 6.10 Å². The van der Waals surface area contributed by atoms with E-state index in [1.54, 1.807) is 0 Å². The van der Waals surface area contributed by atoms with Crippen LogP contribution in [0.4, 0.5) is 0 Å². The van der Waals surface area contributed by atoms with Crippen molar-refractivity contribution in [2.75, 3.05) is 26.2 Å². The van der Waals surface area contributed by atoms with Crippen LogP contribution >= 0.6 is 0 Å². The van der Waals surface area contributed by atoms with Crippen LogP contribution in [-0.2, 0) is 9.53 Å². The lowest BCUT2D eigenvalue weighted by molar-refractivity contribution is -0.926. The van der Waals surface area contributed by atoms with Gasteiger partial charge in [0.15, 0.2) is 6.54 Å². The molecule has 0 atom stereocenters. The number of quaternary nitrogens is 1. The lowest BCUT2D eigenvalue weighted by Gasteiger charge is -2.41. The molecule has 0 aromatic carbocycles. The predicted octanol–water partition coefficient (Wildman–Crippen LogP) is 3.40. The minimum absolute atomic E-state index is 0. The monoisotopic (exact) mass is 507 g/mol. The van der Waals surface area contributed by atoms with Crippen molar-refractivity contribution in [3.63, 3.8) is 0 Å². The third kappa shape index (κ3) is 10.8. The summed E-state index contributed by atoms with van der Waals surface area (Å²) in [7, 11) is 0. The molecule has 4 heteroatoms. The third-order valence-electron chi connectivity index (χ3n) is 6.82. The van der Waals surface area contributed by atoms with E-state index in [-0.39, 0.29) is 36.0 Å². The molecule has 28 heavy (non-hydrogen) atoms. The highest BCUT2D eigenvalue weighted by Crippen LogP contribution is 2.23. The largest absolute Gasteiger partial charge is 1.00 e. The molecule has 0 spiro atoms. The molecule has 166 valence electrons. The van der Waals surface area contributed by atoms with Crippen molar-refractivity contribution in [1.82, 2.24) is 0 Å². The molecule has 0 bridgehead atoms. The van der Waals surface area contributed by atoms with E-state index < -0.39 is 0 Å². The van der Waals surface area contributed by atoms with E-state index >= 15 is 0 Å². The summed E-state index contributed by atoms with van der Waals surface area (Å²) >= 11 is 0. The van der Waals surface area contributed by atoms with Crippen molar-refractivity contribution in [3.8, 4) is 0 Å². The van der Waals surface area contributed by atoms with Crippen molar-refractivity contribution in [3.05, 3.63) is 0 Å². The molecule has 2 rings (SSSR count). The fourth-order valence-electron chi connectivity index (χ4n) is 5.08. The van der Waals surface area contributed by atoms with Gasteiger partial charge in [0.2, 0.25) is 0 Å². The van der Waals surface area contributed by atoms with Gasteiger partial charge in [-0.05, 0) is 57.8 Å². The molecule has 0 aromatic rings. The van der Waals surface area contributed by atoms with Gasteiger partial charge in [0.25, 0.3) is 0 Å². The van der Waals surface area contributed by atoms with Gasteiger partial charge < -0.3 is 33.2 Å². The number of nitrogens with zero attached hydrogens (tertiary/aromatic N) is 1. The van der Waals surface area contributed by atoms with E-state index in [4.69, 9.17) is 4.74 Å². The molecule has 0 amide bonds. The van der Waals surface area contributed by atoms with Gasteiger partial charge in [-0.15, -0.1) is 0 Å². The summed E-state index contributed by atoms with van der Waals surface area (Å²) in [6.07, 6.45) is 22.0. The Morgan fingerprint density at radius 3 is 1.82 bits per heavy atom. The lowest BCUT2D eigenvalue weighted by Crippen LogP contribution is -3.00. The fourth-order valence-corrected chi connectivity index (χ4v) is 5.08. The molecule has 0 aromatic heterocycles. The minimum Gasteiger partial charge on any atom is -1.00 e. The number of rotatable bonds is 7. The van der Waals surface area contributed by atoms with Crippen molar-refractivity contribution >= 4 is 5.97 Å². The SMILES string of the molecule is CCCCC[N+]1(CC(=O)OC2CCCCCCCCCCC2)CCCCC1.[I-]. The van der Waals surface area contributed by atoms with E-state index in [0.717, 1.165) is 17.3 Å². The molecule has 0 N–H and O–H groups in total. The number of esters is 1. The van der Waals surface area contributed by atoms with Crippen LogP contribution in [0.2, 0.25) is 0 Å². The highest BCUT2D eigenvalue weighted by molar-refractivity contribution is 5.70. The molecule has 3 nitrogen and oxygen atoms in total. The molecule has 2 aliphatic rings. The standard InChI is InChI=1S/C24H46NO2.HI/c1-2-3-14-19-25(20-15-11-16-21-25)22-24(26)27-23-17-12-9-7-5-4-6-8-10-13-18-23;/h23H,2-22H2,1H3;1H/q+1;/p-1. The van der Waals surface area contributed by atoms with Gasteiger partial charge in [-0.2, -0.15) is 0 Å². The van der Waals surface area contributed by atoms with Crippen LogP contribution in [0.15, 0.2) is 0 Å². The van der Waals surface area contributed by atoms with E-state index in [1.807, 2.05) is 0 Å². The topological polar surface area (TPSA) is 26.3 Å². The molecule has 2 fully saturated rings. The van der Waals surface area contributed by atoms with Crippen molar-refractivity contribution in [1.29, 1.82) is 0 Å². The number of hydrogen-bond donors (Lipinski definition) is 0. The van der Waals surface area contributed by atoms with Crippen LogP contribution in [0.25, 0.3) is 0 Å². The lowest BCUT2D eigenvalue weighted by atomic mass is 9.99. The number of likely N-dealkylation sites (tertiary alicyclic amines) is 1. The second-order valence-corrected chi connectivity index (χ2v) is 9.31. The number of carbonyl (C=O) groups excluding carboxylic acids is 1. The van der Waals surface area contributed by atoms with Gasteiger partial charge in [-0.1, -0.05) is 58.3 Å². The summed E-state index contributed by atoms with van der Waals surface area (Å²) in [6.45, 7) is 6.43. The Bertz CT molecular complexity index is 384. The van der Waals surface area contributed by atoms with Gasteiger partial charge >= 0.3 is 5.97 Å². The molecule has 1 heterocycles. The summed E-state index contributed by atoms with van der Waals surface area (Å²) in [5, 5.41) is 0. The van der Waals surface area contributed by atoms with Crippen LogP contribution in [0, 0.1) is 0 Å². The van der Waals surface area contributed by atoms with Crippen molar-refractivity contribution in [2.45, 2.75) is 122 Å². The average Bonchev–Trinajstić information content (AvgIpc) is 2.65. The summed E-state index contributed by atoms with van der Waals surface area (Å²) in [5.41, 5.74) is 0.